The molecule has 0 aliphatic carbocycles. The highest BCUT2D eigenvalue weighted by atomic mass is 16.5. The van der Waals surface area contributed by atoms with Crippen molar-refractivity contribution in [2.75, 3.05) is 39.8 Å². The number of anilines is 1. The van der Waals surface area contributed by atoms with Gasteiger partial charge in [0, 0.05) is 25.2 Å². The first-order valence-corrected chi connectivity index (χ1v) is 6.48. The van der Waals surface area contributed by atoms with Crippen LogP contribution in [-0.2, 0) is 0 Å². The lowest BCUT2D eigenvalue weighted by atomic mass is 10.0. The van der Waals surface area contributed by atoms with E-state index >= 15 is 0 Å². The van der Waals surface area contributed by atoms with Gasteiger partial charge in [-0.3, -0.25) is 0 Å². The lowest BCUT2D eigenvalue weighted by molar-refractivity contribution is 0.394. The number of nitrogens with one attached hydrogen (secondary N) is 1. The van der Waals surface area contributed by atoms with Crippen LogP contribution in [0, 0.1) is 6.92 Å². The van der Waals surface area contributed by atoms with Crippen LogP contribution in [0.5, 0.6) is 11.5 Å². The maximum Gasteiger partial charge on any atom is 0.142 e. The summed E-state index contributed by atoms with van der Waals surface area (Å²) in [6.07, 6.45) is 0. The van der Waals surface area contributed by atoms with Crippen molar-refractivity contribution in [3.05, 3.63) is 17.7 Å². The lowest BCUT2D eigenvalue weighted by Gasteiger charge is -2.38. The van der Waals surface area contributed by atoms with E-state index < -0.39 is 0 Å². The predicted molar refractivity (Wildman–Crippen MR) is 80.7 cm³/mol. The van der Waals surface area contributed by atoms with Crippen LogP contribution in [0.15, 0.2) is 12.1 Å². The number of likely N-dealkylation sites (N-methyl/N-ethyl adjacent to an activating group) is 2. The number of hydrogen-bond acceptors (Lipinski definition) is 4. The van der Waals surface area contributed by atoms with E-state index in [4.69, 9.17) is 9.47 Å². The van der Waals surface area contributed by atoms with Gasteiger partial charge in [0.1, 0.15) is 11.5 Å². The molecule has 0 aromatic heterocycles. The van der Waals surface area contributed by atoms with Crippen LogP contribution >= 0.6 is 0 Å². The quantitative estimate of drug-likeness (QED) is 0.857. The summed E-state index contributed by atoms with van der Waals surface area (Å²) in [5, 5.41) is 3.22. The fourth-order valence-corrected chi connectivity index (χ4v) is 2.17. The summed E-state index contributed by atoms with van der Waals surface area (Å²) in [4.78, 5) is 2.21. The van der Waals surface area contributed by atoms with Crippen molar-refractivity contribution >= 4 is 5.69 Å². The van der Waals surface area contributed by atoms with Crippen LogP contribution in [0.1, 0.15) is 19.4 Å². The first-order chi connectivity index (χ1) is 8.87. The molecule has 0 fully saturated rings. The van der Waals surface area contributed by atoms with Gasteiger partial charge in [-0.25, -0.2) is 0 Å². The van der Waals surface area contributed by atoms with Gasteiger partial charge in [0.2, 0.25) is 0 Å². The summed E-state index contributed by atoms with van der Waals surface area (Å²) in [5.41, 5.74) is 2.08. The Bertz CT molecular complexity index is 430. The van der Waals surface area contributed by atoms with E-state index in [0.717, 1.165) is 29.3 Å². The number of rotatable bonds is 6. The van der Waals surface area contributed by atoms with Gasteiger partial charge in [0.15, 0.2) is 0 Å². The minimum atomic E-state index is -0.0255. The number of hydrogen-bond donors (Lipinski definition) is 1. The number of methoxy groups -OCH3 is 2. The van der Waals surface area contributed by atoms with Crippen LogP contribution in [0.25, 0.3) is 0 Å². The molecule has 1 N–H and O–H groups in total. The SMILES string of the molecule is CNCC(C)(C)N(C)c1cc(OC)c(C)cc1OC. The standard InChI is InChI=1S/C15H26N2O2/c1-11-8-14(19-7)12(9-13(11)18-6)17(5)15(2,3)10-16-4/h8-9,16H,10H2,1-7H3. The number of aryl methyl sites for hydroxylation is 1. The minimum absolute atomic E-state index is 0.0255. The smallest absolute Gasteiger partial charge is 0.142 e. The molecule has 0 bridgehead atoms. The topological polar surface area (TPSA) is 33.7 Å². The van der Waals surface area contributed by atoms with Crippen molar-refractivity contribution in [1.29, 1.82) is 0 Å². The zero-order valence-corrected chi connectivity index (χ0v) is 13.1. The van der Waals surface area contributed by atoms with Gasteiger partial charge in [-0.2, -0.15) is 0 Å². The number of nitrogens with zero attached hydrogens (tertiary/aromatic N) is 1. The third kappa shape index (κ3) is 3.32. The van der Waals surface area contributed by atoms with E-state index in [0.29, 0.717) is 0 Å². The fraction of sp³-hybridized carbons (Fsp3) is 0.600. The Labute approximate surface area is 116 Å². The van der Waals surface area contributed by atoms with Gasteiger partial charge in [-0.15, -0.1) is 0 Å². The molecule has 0 saturated heterocycles. The predicted octanol–water partition coefficient (Wildman–Crippen LogP) is 2.45. The van der Waals surface area contributed by atoms with E-state index in [1.807, 2.05) is 26.1 Å². The van der Waals surface area contributed by atoms with Gasteiger partial charge in [0.25, 0.3) is 0 Å². The van der Waals surface area contributed by atoms with Crippen LogP contribution in [-0.4, -0.2) is 40.4 Å². The molecule has 1 aromatic carbocycles. The van der Waals surface area contributed by atoms with E-state index in [1.54, 1.807) is 14.2 Å². The van der Waals surface area contributed by atoms with Crippen molar-refractivity contribution in [3.63, 3.8) is 0 Å². The Morgan fingerprint density at radius 3 is 2.21 bits per heavy atom. The molecule has 0 aliphatic heterocycles. The molecule has 108 valence electrons. The molecular formula is C15H26N2O2. The molecule has 0 radical (unpaired) electrons. The van der Waals surface area contributed by atoms with Crippen LogP contribution in [0.4, 0.5) is 5.69 Å². The van der Waals surface area contributed by atoms with Crippen molar-refractivity contribution < 1.29 is 9.47 Å². The average molecular weight is 266 g/mol. The van der Waals surface area contributed by atoms with Crippen molar-refractivity contribution in [2.45, 2.75) is 26.3 Å². The highest BCUT2D eigenvalue weighted by molar-refractivity contribution is 5.64. The van der Waals surface area contributed by atoms with Gasteiger partial charge in [0.05, 0.1) is 19.9 Å². The maximum atomic E-state index is 5.50. The van der Waals surface area contributed by atoms with Gasteiger partial charge >= 0.3 is 0 Å². The molecule has 0 spiro atoms. The van der Waals surface area contributed by atoms with E-state index in [-0.39, 0.29) is 5.54 Å². The third-order valence-electron chi connectivity index (χ3n) is 3.58. The number of ether oxygens (including phenoxy) is 2. The van der Waals surface area contributed by atoms with Gasteiger partial charge < -0.3 is 19.7 Å². The third-order valence-corrected chi connectivity index (χ3v) is 3.58. The molecule has 4 nitrogen and oxygen atoms in total. The molecule has 1 rings (SSSR count). The second-order valence-electron chi connectivity index (χ2n) is 5.40. The van der Waals surface area contributed by atoms with Crippen LogP contribution < -0.4 is 19.7 Å². The molecule has 1 aromatic rings. The Hall–Kier alpha value is -1.42. The monoisotopic (exact) mass is 266 g/mol. The van der Waals surface area contributed by atoms with Crippen molar-refractivity contribution in [1.82, 2.24) is 5.32 Å². The summed E-state index contributed by atoms with van der Waals surface area (Å²) in [7, 11) is 7.42. The second-order valence-corrected chi connectivity index (χ2v) is 5.40. The molecule has 19 heavy (non-hydrogen) atoms. The second kappa shape index (κ2) is 6.15. The highest BCUT2D eigenvalue weighted by Crippen LogP contribution is 2.37. The Morgan fingerprint density at radius 2 is 1.74 bits per heavy atom. The zero-order valence-electron chi connectivity index (χ0n) is 13.1. The van der Waals surface area contributed by atoms with Crippen molar-refractivity contribution in [3.8, 4) is 11.5 Å². The molecule has 0 heterocycles. The summed E-state index contributed by atoms with van der Waals surface area (Å²) in [5.74, 6) is 1.74. The molecule has 4 heteroatoms. The Morgan fingerprint density at radius 1 is 1.16 bits per heavy atom. The summed E-state index contributed by atoms with van der Waals surface area (Å²) in [6, 6.07) is 4.05. The maximum absolute atomic E-state index is 5.50. The molecule has 0 aliphatic rings. The Balaban J connectivity index is 3.24. The highest BCUT2D eigenvalue weighted by Gasteiger charge is 2.26. The normalized spacial score (nSPS) is 11.3. The number of benzene rings is 1. The first kappa shape index (κ1) is 15.6. The van der Waals surface area contributed by atoms with E-state index in [1.165, 1.54) is 0 Å². The zero-order chi connectivity index (χ0) is 14.6. The van der Waals surface area contributed by atoms with Crippen molar-refractivity contribution in [2.24, 2.45) is 0 Å². The Kier molecular flexibility index (Phi) is 5.06. The largest absolute Gasteiger partial charge is 0.496 e. The molecule has 0 atom stereocenters. The molecule has 0 saturated carbocycles. The summed E-state index contributed by atoms with van der Waals surface area (Å²) >= 11 is 0. The molecule has 0 amide bonds. The average Bonchev–Trinajstić information content (AvgIpc) is 2.37. The molecule has 0 unspecified atom stereocenters. The summed E-state index contributed by atoms with van der Waals surface area (Å²) < 4.78 is 10.9. The summed E-state index contributed by atoms with van der Waals surface area (Å²) in [6.45, 7) is 7.28. The first-order valence-electron chi connectivity index (χ1n) is 6.48. The van der Waals surface area contributed by atoms with Crippen LogP contribution in [0.2, 0.25) is 0 Å². The fourth-order valence-electron chi connectivity index (χ4n) is 2.17. The van der Waals surface area contributed by atoms with Crippen LogP contribution in [0.3, 0.4) is 0 Å². The van der Waals surface area contributed by atoms with E-state index in [2.05, 4.69) is 31.1 Å². The lowest BCUT2D eigenvalue weighted by Crippen LogP contribution is -2.48. The van der Waals surface area contributed by atoms with Gasteiger partial charge in [-0.1, -0.05) is 0 Å². The minimum Gasteiger partial charge on any atom is -0.496 e. The van der Waals surface area contributed by atoms with E-state index in [9.17, 15) is 0 Å². The molecular weight excluding hydrogens is 240 g/mol. The van der Waals surface area contributed by atoms with Gasteiger partial charge in [-0.05, 0) is 39.4 Å².